The third-order valence-corrected chi connectivity index (χ3v) is 4.39. The number of carbonyl (C=O) groups is 1. The molecule has 0 saturated carbocycles. The van der Waals surface area contributed by atoms with Crippen molar-refractivity contribution in [3.63, 3.8) is 0 Å². The molecule has 8 nitrogen and oxygen atoms in total. The van der Waals surface area contributed by atoms with Crippen LogP contribution in [0.4, 0.5) is 16.2 Å². The van der Waals surface area contributed by atoms with Gasteiger partial charge in [-0.3, -0.25) is 4.98 Å². The number of pyridine rings is 1. The van der Waals surface area contributed by atoms with Gasteiger partial charge in [-0.05, 0) is 23.6 Å². The van der Waals surface area contributed by atoms with Crippen LogP contribution in [0.5, 0.6) is 0 Å². The number of hydrogen-bond donors (Lipinski definition) is 1. The minimum Gasteiger partial charge on any atom is -0.445 e. The molecule has 0 aliphatic carbocycles. The molecule has 1 aromatic heterocycles. The topological polar surface area (TPSA) is 108 Å². The van der Waals surface area contributed by atoms with Crippen LogP contribution in [-0.2, 0) is 11.3 Å². The Hall–Kier alpha value is -3.47. The van der Waals surface area contributed by atoms with Gasteiger partial charge < -0.3 is 15.0 Å². The molecular formula is C19H19N5O3. The van der Waals surface area contributed by atoms with Gasteiger partial charge in [0, 0.05) is 25.3 Å². The molecule has 1 amide bonds. The van der Waals surface area contributed by atoms with Crippen molar-refractivity contribution in [2.45, 2.75) is 25.5 Å². The first-order valence-corrected chi connectivity index (χ1v) is 8.65. The third kappa shape index (κ3) is 4.58. The molecule has 1 atom stereocenters. The highest BCUT2D eigenvalue weighted by Gasteiger charge is 2.26. The van der Waals surface area contributed by atoms with Gasteiger partial charge in [0.15, 0.2) is 5.69 Å². The van der Waals surface area contributed by atoms with E-state index in [-0.39, 0.29) is 18.3 Å². The first-order valence-electron chi connectivity index (χ1n) is 8.65. The Bertz CT molecular complexity index is 850. The van der Waals surface area contributed by atoms with Crippen molar-refractivity contribution in [2.75, 3.05) is 18.0 Å². The first-order chi connectivity index (χ1) is 13.2. The summed E-state index contributed by atoms with van der Waals surface area (Å²) in [5, 5.41) is 15.1. The maximum absolute atomic E-state index is 12.1. The van der Waals surface area contributed by atoms with E-state index >= 15 is 0 Å². The van der Waals surface area contributed by atoms with Crippen LogP contribution in [-0.4, -0.2) is 30.2 Å². The molecule has 0 unspecified atom stereocenters. The second kappa shape index (κ2) is 8.76. The molecule has 1 fully saturated rings. The minimum absolute atomic E-state index is 0.126. The number of anilines is 1. The molecule has 3 rings (SSSR count). The molecule has 2 aromatic rings. The van der Waals surface area contributed by atoms with Gasteiger partial charge in [-0.1, -0.05) is 30.3 Å². The summed E-state index contributed by atoms with van der Waals surface area (Å²) in [5.74, 6) is 0. The molecule has 0 bridgehead atoms. The number of nitrogens with zero attached hydrogens (tertiary/aromatic N) is 4. The van der Waals surface area contributed by atoms with Crippen LogP contribution >= 0.6 is 0 Å². The molecule has 138 valence electrons. The number of aromatic nitrogens is 1. The molecular weight excluding hydrogens is 346 g/mol. The highest BCUT2D eigenvalue weighted by molar-refractivity contribution is 5.73. The van der Waals surface area contributed by atoms with Gasteiger partial charge >= 0.3 is 6.09 Å². The van der Waals surface area contributed by atoms with Crippen molar-refractivity contribution >= 4 is 17.5 Å². The molecule has 1 aliphatic rings. The number of rotatable bonds is 5. The van der Waals surface area contributed by atoms with Crippen molar-refractivity contribution in [1.82, 2.24) is 10.3 Å². The van der Waals surface area contributed by atoms with Gasteiger partial charge in [0.25, 0.3) is 0 Å². The van der Waals surface area contributed by atoms with Gasteiger partial charge in [0.05, 0.1) is 17.4 Å². The molecule has 1 N–H and O–H groups in total. The number of benzene rings is 1. The summed E-state index contributed by atoms with van der Waals surface area (Å²) in [6.07, 6.45) is 3.85. The van der Waals surface area contributed by atoms with Gasteiger partial charge in [0.2, 0.25) is 0 Å². The summed E-state index contributed by atoms with van der Waals surface area (Å²) in [6, 6.07) is 11.3. The average Bonchev–Trinajstić information content (AvgIpc) is 2.72. The zero-order valence-corrected chi connectivity index (χ0v) is 14.7. The van der Waals surface area contributed by atoms with Crippen LogP contribution in [0, 0.1) is 16.2 Å². The Kier molecular flexibility index (Phi) is 5.94. The van der Waals surface area contributed by atoms with Crippen molar-refractivity contribution in [3.05, 3.63) is 58.8 Å². The Morgan fingerprint density at radius 1 is 1.37 bits per heavy atom. The number of alkyl carbamates (subject to hydrolysis) is 1. The molecule has 0 spiro atoms. The maximum atomic E-state index is 12.1. The number of hydrogen-bond acceptors (Lipinski definition) is 7. The second-order valence-corrected chi connectivity index (χ2v) is 6.25. The largest absolute Gasteiger partial charge is 0.445 e. The summed E-state index contributed by atoms with van der Waals surface area (Å²) in [5.41, 5.74) is 1.79. The number of ether oxygens (including phenoxy) is 1. The fraction of sp³-hybridized carbons (Fsp3) is 0.316. The van der Waals surface area contributed by atoms with E-state index in [4.69, 9.17) is 4.74 Å². The van der Waals surface area contributed by atoms with Crippen LogP contribution in [0.15, 0.2) is 47.9 Å². The molecule has 0 radical (unpaired) electrons. The summed E-state index contributed by atoms with van der Waals surface area (Å²) in [6.45, 7) is 1.32. The zero-order valence-electron chi connectivity index (χ0n) is 14.7. The number of nitrogens with one attached hydrogen (secondary N) is 1. The van der Waals surface area contributed by atoms with Crippen LogP contribution in [0.3, 0.4) is 0 Å². The average molecular weight is 365 g/mol. The quantitative estimate of drug-likeness (QED) is 0.815. The smallest absolute Gasteiger partial charge is 0.407 e. The van der Waals surface area contributed by atoms with Gasteiger partial charge in [-0.15, -0.1) is 4.91 Å². The normalized spacial score (nSPS) is 16.3. The minimum atomic E-state index is -0.491. The molecule has 8 heteroatoms. The summed E-state index contributed by atoms with van der Waals surface area (Å²) >= 11 is 0. The maximum Gasteiger partial charge on any atom is 0.407 e. The molecule has 1 aromatic carbocycles. The predicted molar refractivity (Wildman–Crippen MR) is 99.4 cm³/mol. The van der Waals surface area contributed by atoms with E-state index in [0.29, 0.717) is 24.3 Å². The van der Waals surface area contributed by atoms with Gasteiger partial charge in [-0.25, -0.2) is 4.79 Å². The van der Waals surface area contributed by atoms with E-state index in [2.05, 4.69) is 15.5 Å². The Morgan fingerprint density at radius 3 is 2.93 bits per heavy atom. The van der Waals surface area contributed by atoms with E-state index in [0.717, 1.165) is 18.4 Å². The lowest BCUT2D eigenvalue weighted by Gasteiger charge is -2.35. The van der Waals surface area contributed by atoms with Crippen LogP contribution in [0.25, 0.3) is 0 Å². The Labute approximate surface area is 156 Å². The first kappa shape index (κ1) is 18.3. The lowest BCUT2D eigenvalue weighted by atomic mass is 10.0. The molecule has 1 saturated heterocycles. The van der Waals surface area contributed by atoms with E-state index in [9.17, 15) is 15.0 Å². The van der Waals surface area contributed by atoms with Crippen molar-refractivity contribution in [3.8, 4) is 6.07 Å². The zero-order chi connectivity index (χ0) is 19.1. The Balaban J connectivity index is 1.62. The monoisotopic (exact) mass is 365 g/mol. The summed E-state index contributed by atoms with van der Waals surface area (Å²) < 4.78 is 5.26. The van der Waals surface area contributed by atoms with Crippen molar-refractivity contribution in [2.24, 2.45) is 5.18 Å². The number of amides is 1. The van der Waals surface area contributed by atoms with E-state index in [1.165, 1.54) is 12.4 Å². The van der Waals surface area contributed by atoms with E-state index in [1.807, 2.05) is 41.3 Å². The summed E-state index contributed by atoms with van der Waals surface area (Å²) in [4.78, 5) is 29.0. The van der Waals surface area contributed by atoms with Crippen molar-refractivity contribution < 1.29 is 9.53 Å². The van der Waals surface area contributed by atoms with E-state index < -0.39 is 6.09 Å². The highest BCUT2D eigenvalue weighted by Crippen LogP contribution is 2.33. The van der Waals surface area contributed by atoms with Crippen LogP contribution in [0.2, 0.25) is 0 Å². The van der Waals surface area contributed by atoms with Crippen molar-refractivity contribution in [1.29, 1.82) is 5.26 Å². The third-order valence-electron chi connectivity index (χ3n) is 4.39. The standard InChI is InChI=1S/C19H19N5O3/c20-9-15-10-21-11-17(23-26)18(15)24-8-4-7-16(12-24)22-19(25)27-13-14-5-2-1-3-6-14/h1-3,5-6,10-11,16H,4,7-8,12-13H2,(H,22,25)/t16-/m0/s1. The van der Waals surface area contributed by atoms with Gasteiger partial charge in [0.1, 0.15) is 12.7 Å². The van der Waals surface area contributed by atoms with Crippen LogP contribution < -0.4 is 10.2 Å². The van der Waals surface area contributed by atoms with E-state index in [1.54, 1.807) is 0 Å². The Morgan fingerprint density at radius 2 is 2.19 bits per heavy atom. The lowest BCUT2D eigenvalue weighted by Crippen LogP contribution is -2.48. The number of nitroso groups, excluding NO2 is 1. The molecule has 2 heterocycles. The van der Waals surface area contributed by atoms with Gasteiger partial charge in [-0.2, -0.15) is 5.26 Å². The fourth-order valence-corrected chi connectivity index (χ4v) is 3.15. The fourth-order valence-electron chi connectivity index (χ4n) is 3.15. The van der Waals surface area contributed by atoms with Crippen LogP contribution in [0.1, 0.15) is 24.0 Å². The highest BCUT2D eigenvalue weighted by atomic mass is 16.5. The number of carbonyl (C=O) groups excluding carboxylic acids is 1. The predicted octanol–water partition coefficient (Wildman–Crippen LogP) is 3.25. The molecule has 1 aliphatic heterocycles. The second-order valence-electron chi connectivity index (χ2n) is 6.25. The number of nitriles is 1. The SMILES string of the molecule is N#Cc1cncc(N=O)c1N1CCC[C@H](NC(=O)OCc2ccccc2)C1. The lowest BCUT2D eigenvalue weighted by molar-refractivity contribution is 0.134. The molecule has 27 heavy (non-hydrogen) atoms. The summed E-state index contributed by atoms with van der Waals surface area (Å²) in [7, 11) is 0. The number of piperidine rings is 1.